The number of sulfonamides is 1. The monoisotopic (exact) mass is 535 g/mol. The summed E-state index contributed by atoms with van der Waals surface area (Å²) in [7, 11) is -3.82. The second-order valence-electron chi connectivity index (χ2n) is 7.17. The van der Waals surface area contributed by atoms with Crippen LogP contribution in [0.2, 0.25) is 5.02 Å². The van der Waals surface area contributed by atoms with Gasteiger partial charge in [-0.25, -0.2) is 13.8 Å². The summed E-state index contributed by atoms with van der Waals surface area (Å²) in [6.07, 6.45) is 2.39. The molecule has 1 aromatic heterocycles. The third-order valence-corrected chi connectivity index (χ3v) is 7.75. The van der Waals surface area contributed by atoms with E-state index in [9.17, 15) is 13.2 Å². The Morgan fingerprint density at radius 2 is 1.84 bits per heavy atom. The molecule has 3 aromatic rings. The van der Waals surface area contributed by atoms with Gasteiger partial charge in [0, 0.05) is 21.6 Å². The summed E-state index contributed by atoms with van der Waals surface area (Å²) in [6, 6.07) is 16.3. The van der Waals surface area contributed by atoms with Gasteiger partial charge in [-0.05, 0) is 61.4 Å². The smallest absolute Gasteiger partial charge is 0.258 e. The second kappa shape index (κ2) is 9.58. The SMILES string of the molecule is O=C(N/N=C\c1ccc(-c2ccc(Br)cc2)o1)[C@@H]1CCCN1S(=O)(=O)c1ccc(Cl)cc1. The lowest BCUT2D eigenvalue weighted by molar-refractivity contribution is -0.124. The fourth-order valence-electron chi connectivity index (χ4n) is 3.46. The number of nitrogens with zero attached hydrogens (tertiary/aromatic N) is 2. The molecule has 32 heavy (non-hydrogen) atoms. The van der Waals surface area contributed by atoms with Crippen LogP contribution in [-0.4, -0.2) is 37.4 Å². The van der Waals surface area contributed by atoms with E-state index in [1.54, 1.807) is 6.07 Å². The first-order valence-corrected chi connectivity index (χ1v) is 12.4. The van der Waals surface area contributed by atoms with E-state index >= 15 is 0 Å². The van der Waals surface area contributed by atoms with E-state index in [4.69, 9.17) is 16.0 Å². The number of amides is 1. The van der Waals surface area contributed by atoms with Crippen LogP contribution in [-0.2, 0) is 14.8 Å². The molecule has 2 aromatic carbocycles. The standard InChI is InChI=1S/C22H19BrClN3O4S/c23-16-5-3-15(4-6-16)21-12-9-18(31-21)14-25-26-22(28)20-2-1-13-27(20)32(29,30)19-10-7-17(24)8-11-19/h3-12,14,20H,1-2,13H2,(H,26,28)/b25-14-/t20-/m0/s1. The van der Waals surface area contributed by atoms with Crippen molar-refractivity contribution in [2.24, 2.45) is 5.10 Å². The van der Waals surface area contributed by atoms with Crippen molar-refractivity contribution in [3.05, 3.63) is 75.9 Å². The van der Waals surface area contributed by atoms with E-state index in [-0.39, 0.29) is 11.4 Å². The highest BCUT2D eigenvalue weighted by molar-refractivity contribution is 9.10. The lowest BCUT2D eigenvalue weighted by Gasteiger charge is -2.22. The Kier molecular flexibility index (Phi) is 6.80. The second-order valence-corrected chi connectivity index (χ2v) is 10.4. The van der Waals surface area contributed by atoms with E-state index in [1.165, 1.54) is 34.8 Å². The van der Waals surface area contributed by atoms with Crippen molar-refractivity contribution in [1.29, 1.82) is 0 Å². The van der Waals surface area contributed by atoms with Gasteiger partial charge < -0.3 is 4.42 Å². The number of furan rings is 1. The molecule has 2 heterocycles. The van der Waals surface area contributed by atoms with Gasteiger partial charge in [0.1, 0.15) is 17.6 Å². The van der Waals surface area contributed by atoms with E-state index in [1.807, 2.05) is 30.3 Å². The van der Waals surface area contributed by atoms with Crippen LogP contribution in [0.25, 0.3) is 11.3 Å². The highest BCUT2D eigenvalue weighted by Crippen LogP contribution is 2.27. The molecule has 1 aliphatic rings. The number of hydrogen-bond donors (Lipinski definition) is 1. The summed E-state index contributed by atoms with van der Waals surface area (Å²) in [5.41, 5.74) is 3.34. The fraction of sp³-hybridized carbons (Fsp3) is 0.182. The van der Waals surface area contributed by atoms with Gasteiger partial charge in [-0.2, -0.15) is 9.41 Å². The van der Waals surface area contributed by atoms with E-state index in [0.29, 0.717) is 29.4 Å². The minimum absolute atomic E-state index is 0.0983. The van der Waals surface area contributed by atoms with Crippen LogP contribution in [0.5, 0.6) is 0 Å². The van der Waals surface area contributed by atoms with Crippen molar-refractivity contribution < 1.29 is 17.6 Å². The molecule has 0 radical (unpaired) electrons. The minimum Gasteiger partial charge on any atom is -0.455 e. The predicted molar refractivity (Wildman–Crippen MR) is 126 cm³/mol. The zero-order chi connectivity index (χ0) is 22.7. The molecule has 166 valence electrons. The molecule has 7 nitrogen and oxygen atoms in total. The van der Waals surface area contributed by atoms with E-state index in [0.717, 1.165) is 10.0 Å². The Labute approximate surface area is 199 Å². The van der Waals surface area contributed by atoms with Gasteiger partial charge in [0.05, 0.1) is 11.1 Å². The largest absolute Gasteiger partial charge is 0.455 e. The molecular formula is C22H19BrClN3O4S. The number of hydrogen-bond acceptors (Lipinski definition) is 5. The van der Waals surface area contributed by atoms with Crippen molar-refractivity contribution in [2.75, 3.05) is 6.54 Å². The molecule has 4 rings (SSSR count). The topological polar surface area (TPSA) is 92.0 Å². The molecule has 0 bridgehead atoms. The molecule has 1 aliphatic heterocycles. The Bertz CT molecular complexity index is 1240. The Morgan fingerprint density at radius 1 is 1.12 bits per heavy atom. The number of carbonyl (C=O) groups is 1. The maximum atomic E-state index is 13.0. The van der Waals surface area contributed by atoms with E-state index < -0.39 is 22.0 Å². The minimum atomic E-state index is -3.82. The maximum Gasteiger partial charge on any atom is 0.258 e. The summed E-state index contributed by atoms with van der Waals surface area (Å²) in [6.45, 7) is 0.265. The number of nitrogens with one attached hydrogen (secondary N) is 1. The number of rotatable bonds is 6. The molecule has 1 atom stereocenters. The van der Waals surface area contributed by atoms with E-state index in [2.05, 4.69) is 26.5 Å². The van der Waals surface area contributed by atoms with Crippen LogP contribution in [0.4, 0.5) is 0 Å². The molecule has 0 aliphatic carbocycles. The lowest BCUT2D eigenvalue weighted by atomic mass is 10.2. The maximum absolute atomic E-state index is 13.0. The number of halogens is 2. The van der Waals surface area contributed by atoms with Gasteiger partial charge in [0.25, 0.3) is 5.91 Å². The molecule has 1 N–H and O–H groups in total. The first-order valence-electron chi connectivity index (χ1n) is 9.81. The molecule has 0 saturated carbocycles. The Hall–Kier alpha value is -2.46. The molecule has 1 saturated heterocycles. The lowest BCUT2D eigenvalue weighted by Crippen LogP contribution is -2.44. The molecule has 10 heteroatoms. The molecule has 0 spiro atoms. The fourth-order valence-corrected chi connectivity index (χ4v) is 5.50. The van der Waals surface area contributed by atoms with Crippen molar-refractivity contribution in [2.45, 2.75) is 23.8 Å². The highest BCUT2D eigenvalue weighted by atomic mass is 79.9. The average molecular weight is 537 g/mol. The van der Waals surface area contributed by atoms with Crippen molar-refractivity contribution in [3.8, 4) is 11.3 Å². The highest BCUT2D eigenvalue weighted by Gasteiger charge is 2.39. The number of benzene rings is 2. The average Bonchev–Trinajstić information content (AvgIpc) is 3.45. The third kappa shape index (κ3) is 4.96. The third-order valence-electron chi connectivity index (χ3n) is 5.05. The summed E-state index contributed by atoms with van der Waals surface area (Å²) >= 11 is 9.25. The van der Waals surface area contributed by atoms with Gasteiger partial charge in [-0.15, -0.1) is 0 Å². The van der Waals surface area contributed by atoms with Gasteiger partial charge >= 0.3 is 0 Å². The number of carbonyl (C=O) groups excluding carboxylic acids is 1. The first kappa shape index (κ1) is 22.7. The quantitative estimate of drug-likeness (QED) is 0.366. The van der Waals surface area contributed by atoms with Crippen LogP contribution < -0.4 is 5.43 Å². The Balaban J connectivity index is 1.42. The summed E-state index contributed by atoms with van der Waals surface area (Å²) in [5, 5.41) is 4.38. The van der Waals surface area contributed by atoms with Crippen LogP contribution in [0.1, 0.15) is 18.6 Å². The Morgan fingerprint density at radius 3 is 2.56 bits per heavy atom. The van der Waals surface area contributed by atoms with Gasteiger partial charge in [0.2, 0.25) is 10.0 Å². The van der Waals surface area contributed by atoms with Crippen molar-refractivity contribution in [1.82, 2.24) is 9.73 Å². The van der Waals surface area contributed by atoms with Gasteiger partial charge in [0.15, 0.2) is 0 Å². The number of hydrazone groups is 1. The van der Waals surface area contributed by atoms with Crippen LogP contribution in [0.3, 0.4) is 0 Å². The molecular weight excluding hydrogens is 518 g/mol. The zero-order valence-electron chi connectivity index (χ0n) is 16.7. The molecule has 1 amide bonds. The normalized spacial score (nSPS) is 17.1. The molecule has 1 fully saturated rings. The van der Waals surface area contributed by atoms with Crippen LogP contribution in [0, 0.1) is 0 Å². The van der Waals surface area contributed by atoms with Crippen molar-refractivity contribution in [3.63, 3.8) is 0 Å². The van der Waals surface area contributed by atoms with Crippen LogP contribution in [0.15, 0.2) is 79.6 Å². The first-order chi connectivity index (χ1) is 15.3. The summed E-state index contributed by atoms with van der Waals surface area (Å²) in [5.74, 6) is 0.637. The molecule has 0 unspecified atom stereocenters. The zero-order valence-corrected chi connectivity index (χ0v) is 19.9. The van der Waals surface area contributed by atoms with Crippen LogP contribution >= 0.6 is 27.5 Å². The van der Waals surface area contributed by atoms with Crippen molar-refractivity contribution >= 4 is 49.7 Å². The summed E-state index contributed by atoms with van der Waals surface area (Å²) in [4.78, 5) is 12.7. The summed E-state index contributed by atoms with van der Waals surface area (Å²) < 4.78 is 33.8. The van der Waals surface area contributed by atoms with Gasteiger partial charge in [-0.1, -0.05) is 39.7 Å². The predicted octanol–water partition coefficient (Wildman–Crippen LogP) is 4.67. The van der Waals surface area contributed by atoms with Gasteiger partial charge in [-0.3, -0.25) is 4.79 Å².